The summed E-state index contributed by atoms with van der Waals surface area (Å²) in [4.78, 5) is 25.8. The van der Waals surface area contributed by atoms with Gasteiger partial charge in [0.05, 0.1) is 18.0 Å². The summed E-state index contributed by atoms with van der Waals surface area (Å²) in [5.74, 6) is -0.228. The minimum Gasteiger partial charge on any atom is -0.345 e. The number of carbonyl (C=O) groups excluding carboxylic acids is 2. The Kier molecular flexibility index (Phi) is 7.69. The molecule has 5 rings (SSSR count). The van der Waals surface area contributed by atoms with Gasteiger partial charge in [0.1, 0.15) is 5.82 Å². The zero-order chi connectivity index (χ0) is 27.4. The summed E-state index contributed by atoms with van der Waals surface area (Å²) in [6.45, 7) is 4.13. The summed E-state index contributed by atoms with van der Waals surface area (Å²) < 4.78 is 15.1. The van der Waals surface area contributed by atoms with Crippen molar-refractivity contribution in [3.05, 3.63) is 113 Å². The van der Waals surface area contributed by atoms with Crippen molar-refractivity contribution in [1.82, 2.24) is 20.1 Å². The normalized spacial score (nSPS) is 10.9. The molecule has 0 spiro atoms. The molecule has 9 heteroatoms. The fourth-order valence-corrected chi connectivity index (χ4v) is 5.01. The minimum atomic E-state index is -0.371. The molecule has 0 fully saturated rings. The molecule has 0 bridgehead atoms. The highest BCUT2D eigenvalue weighted by molar-refractivity contribution is 7.99. The van der Waals surface area contributed by atoms with Crippen molar-refractivity contribution >= 4 is 40.0 Å². The number of hydrogen-bond acceptors (Lipinski definition) is 5. The molecular weight excluding hydrogens is 513 g/mol. The lowest BCUT2D eigenvalue weighted by molar-refractivity contribution is -0.113. The van der Waals surface area contributed by atoms with Gasteiger partial charge in [-0.15, -0.1) is 10.2 Å². The van der Waals surface area contributed by atoms with Gasteiger partial charge < -0.3 is 10.6 Å². The van der Waals surface area contributed by atoms with Crippen molar-refractivity contribution in [3.8, 4) is 5.69 Å². The van der Waals surface area contributed by atoms with E-state index >= 15 is 0 Å². The van der Waals surface area contributed by atoms with Crippen LogP contribution in [0.5, 0.6) is 0 Å². The number of nitrogens with one attached hydrogen (secondary N) is 2. The van der Waals surface area contributed by atoms with Crippen molar-refractivity contribution < 1.29 is 14.0 Å². The third-order valence-corrected chi connectivity index (χ3v) is 7.14. The minimum absolute atomic E-state index is 0.0722. The molecule has 0 atom stereocenters. The molecule has 39 heavy (non-hydrogen) atoms. The molecule has 196 valence electrons. The Labute approximate surface area is 229 Å². The number of hydrogen-bond donors (Lipinski definition) is 2. The number of benzene rings is 4. The molecule has 0 saturated heterocycles. The first-order valence-electron chi connectivity index (χ1n) is 12.3. The van der Waals surface area contributed by atoms with E-state index in [0.717, 1.165) is 27.6 Å². The van der Waals surface area contributed by atoms with Crippen LogP contribution in [0.15, 0.2) is 90.1 Å². The number of aryl methyl sites for hydroxylation is 2. The number of amides is 2. The second kappa shape index (κ2) is 11.5. The number of thioether (sulfide) groups is 1. The van der Waals surface area contributed by atoms with E-state index in [1.807, 2.05) is 73.0 Å². The Morgan fingerprint density at radius 2 is 1.69 bits per heavy atom. The molecule has 4 aromatic carbocycles. The standard InChI is InChI=1S/C30H26FN5O2S/c1-19-10-11-20(2)26(16-19)36-27(17-32-29(38)25-9-5-7-21-6-3-4-8-24(21)25)34-35-30(36)39-18-28(37)33-23-14-12-22(31)13-15-23/h3-16H,17-18H2,1-2H3,(H,32,38)(H,33,37). The third kappa shape index (κ3) is 5.99. The largest absolute Gasteiger partial charge is 0.345 e. The molecule has 0 saturated carbocycles. The first-order chi connectivity index (χ1) is 18.9. The van der Waals surface area contributed by atoms with Crippen LogP contribution in [0.3, 0.4) is 0 Å². The molecule has 1 aromatic heterocycles. The Bertz CT molecular complexity index is 1660. The molecular formula is C30H26FN5O2S. The average Bonchev–Trinajstić information content (AvgIpc) is 3.35. The first kappa shape index (κ1) is 26.1. The highest BCUT2D eigenvalue weighted by Crippen LogP contribution is 2.26. The van der Waals surface area contributed by atoms with E-state index in [1.54, 1.807) is 6.07 Å². The molecule has 7 nitrogen and oxygen atoms in total. The zero-order valence-electron chi connectivity index (χ0n) is 21.4. The van der Waals surface area contributed by atoms with Gasteiger partial charge in [0, 0.05) is 11.3 Å². The lowest BCUT2D eigenvalue weighted by Crippen LogP contribution is -2.25. The van der Waals surface area contributed by atoms with Gasteiger partial charge in [0.25, 0.3) is 5.91 Å². The van der Waals surface area contributed by atoms with E-state index in [4.69, 9.17) is 0 Å². The van der Waals surface area contributed by atoms with Crippen molar-refractivity contribution in [2.75, 3.05) is 11.1 Å². The van der Waals surface area contributed by atoms with Gasteiger partial charge in [-0.05, 0) is 72.1 Å². The van der Waals surface area contributed by atoms with E-state index in [-0.39, 0.29) is 29.9 Å². The van der Waals surface area contributed by atoms with Gasteiger partial charge >= 0.3 is 0 Å². The van der Waals surface area contributed by atoms with Crippen LogP contribution in [0.1, 0.15) is 27.3 Å². The van der Waals surface area contributed by atoms with Gasteiger partial charge in [-0.1, -0.05) is 60.3 Å². The lowest BCUT2D eigenvalue weighted by atomic mass is 10.0. The van der Waals surface area contributed by atoms with E-state index in [2.05, 4.69) is 20.8 Å². The fourth-order valence-electron chi connectivity index (χ4n) is 4.25. The number of carbonyl (C=O) groups is 2. The van der Waals surface area contributed by atoms with E-state index in [0.29, 0.717) is 22.2 Å². The van der Waals surface area contributed by atoms with Gasteiger partial charge in [0.15, 0.2) is 11.0 Å². The van der Waals surface area contributed by atoms with Crippen LogP contribution in [-0.2, 0) is 11.3 Å². The summed E-state index contributed by atoms with van der Waals surface area (Å²) in [5, 5.41) is 16.8. The Balaban J connectivity index is 1.38. The summed E-state index contributed by atoms with van der Waals surface area (Å²) >= 11 is 1.23. The highest BCUT2D eigenvalue weighted by Gasteiger charge is 2.19. The number of anilines is 1. The lowest BCUT2D eigenvalue weighted by Gasteiger charge is -2.14. The number of fused-ring (bicyclic) bond motifs is 1. The molecule has 0 aliphatic rings. The van der Waals surface area contributed by atoms with Gasteiger partial charge in [0.2, 0.25) is 5.91 Å². The van der Waals surface area contributed by atoms with Crippen molar-refractivity contribution in [2.24, 2.45) is 0 Å². The zero-order valence-corrected chi connectivity index (χ0v) is 22.3. The van der Waals surface area contributed by atoms with Crippen LogP contribution in [0.4, 0.5) is 10.1 Å². The summed E-state index contributed by atoms with van der Waals surface area (Å²) in [5.41, 5.74) is 4.02. The van der Waals surface area contributed by atoms with Crippen LogP contribution in [0.25, 0.3) is 16.5 Å². The maximum absolute atomic E-state index is 13.2. The molecule has 5 aromatic rings. The van der Waals surface area contributed by atoms with Gasteiger partial charge in [-0.3, -0.25) is 14.2 Å². The summed E-state index contributed by atoms with van der Waals surface area (Å²) in [7, 11) is 0. The SMILES string of the molecule is Cc1ccc(C)c(-n2c(CNC(=O)c3cccc4ccccc34)nnc2SCC(=O)Nc2ccc(F)cc2)c1. The number of halogens is 1. The first-order valence-corrected chi connectivity index (χ1v) is 13.3. The van der Waals surface area contributed by atoms with E-state index in [1.165, 1.54) is 36.0 Å². The molecule has 2 amide bonds. The molecule has 0 unspecified atom stereocenters. The van der Waals surface area contributed by atoms with E-state index in [9.17, 15) is 14.0 Å². The molecule has 0 aliphatic carbocycles. The predicted octanol–water partition coefficient (Wildman–Crippen LogP) is 5.84. The Morgan fingerprint density at radius 3 is 2.51 bits per heavy atom. The molecule has 0 radical (unpaired) electrons. The average molecular weight is 540 g/mol. The highest BCUT2D eigenvalue weighted by atomic mass is 32.2. The van der Waals surface area contributed by atoms with Gasteiger partial charge in [-0.2, -0.15) is 0 Å². The number of rotatable bonds is 8. The second-order valence-electron chi connectivity index (χ2n) is 9.08. The molecule has 2 N–H and O–H groups in total. The number of aromatic nitrogens is 3. The van der Waals surface area contributed by atoms with Crippen molar-refractivity contribution in [3.63, 3.8) is 0 Å². The van der Waals surface area contributed by atoms with Crippen LogP contribution in [0, 0.1) is 19.7 Å². The molecule has 0 aliphatic heterocycles. The summed E-state index contributed by atoms with van der Waals surface area (Å²) in [6, 6.07) is 25.0. The monoisotopic (exact) mass is 539 g/mol. The smallest absolute Gasteiger partial charge is 0.252 e. The Morgan fingerprint density at radius 1 is 0.923 bits per heavy atom. The quantitative estimate of drug-likeness (QED) is 0.242. The second-order valence-corrected chi connectivity index (χ2v) is 10.0. The number of nitrogens with zero attached hydrogens (tertiary/aromatic N) is 3. The van der Waals surface area contributed by atoms with Crippen LogP contribution < -0.4 is 10.6 Å². The summed E-state index contributed by atoms with van der Waals surface area (Å²) in [6.07, 6.45) is 0. The van der Waals surface area contributed by atoms with Crippen LogP contribution >= 0.6 is 11.8 Å². The maximum atomic E-state index is 13.2. The Hall–Kier alpha value is -4.50. The van der Waals surface area contributed by atoms with Crippen LogP contribution in [-0.4, -0.2) is 32.3 Å². The molecule has 1 heterocycles. The predicted molar refractivity (Wildman–Crippen MR) is 152 cm³/mol. The topological polar surface area (TPSA) is 88.9 Å². The van der Waals surface area contributed by atoms with Crippen molar-refractivity contribution in [1.29, 1.82) is 0 Å². The fraction of sp³-hybridized carbons (Fsp3) is 0.133. The van der Waals surface area contributed by atoms with Crippen molar-refractivity contribution in [2.45, 2.75) is 25.5 Å². The maximum Gasteiger partial charge on any atom is 0.252 e. The van der Waals surface area contributed by atoms with Gasteiger partial charge in [-0.25, -0.2) is 4.39 Å². The van der Waals surface area contributed by atoms with E-state index < -0.39 is 0 Å². The van der Waals surface area contributed by atoms with Crippen LogP contribution in [0.2, 0.25) is 0 Å². The third-order valence-electron chi connectivity index (χ3n) is 6.21.